The molecule has 0 bridgehead atoms. The van der Waals surface area contributed by atoms with Crippen LogP contribution >= 0.6 is 0 Å². The zero-order valence-electron chi connectivity index (χ0n) is 12.6. The van der Waals surface area contributed by atoms with Gasteiger partial charge < -0.3 is 15.7 Å². The summed E-state index contributed by atoms with van der Waals surface area (Å²) in [5.41, 5.74) is 2.29. The summed E-state index contributed by atoms with van der Waals surface area (Å²) in [7, 11) is 0. The Balaban J connectivity index is 1.87. The van der Waals surface area contributed by atoms with E-state index >= 15 is 0 Å². The molecule has 116 valence electrons. The average Bonchev–Trinajstić information content (AvgIpc) is 3.06. The summed E-state index contributed by atoms with van der Waals surface area (Å²) < 4.78 is 1.96. The van der Waals surface area contributed by atoms with E-state index in [2.05, 4.69) is 27.6 Å². The molecule has 0 amide bonds. The van der Waals surface area contributed by atoms with Crippen molar-refractivity contribution >= 4 is 17.3 Å². The van der Waals surface area contributed by atoms with Gasteiger partial charge in [0.1, 0.15) is 0 Å². The van der Waals surface area contributed by atoms with Crippen LogP contribution in [0.25, 0.3) is 0 Å². The fourth-order valence-electron chi connectivity index (χ4n) is 2.75. The molecule has 0 aliphatic carbocycles. The minimum atomic E-state index is -0.983. The molecule has 0 unspecified atom stereocenters. The van der Waals surface area contributed by atoms with Gasteiger partial charge in [-0.25, -0.2) is 4.79 Å². The Bertz CT molecular complexity index is 697. The summed E-state index contributed by atoms with van der Waals surface area (Å²) in [6, 6.07) is 1.80. The van der Waals surface area contributed by atoms with Crippen molar-refractivity contribution in [3.05, 3.63) is 35.9 Å². The summed E-state index contributed by atoms with van der Waals surface area (Å²) in [6.45, 7) is 5.98. The molecule has 2 aromatic rings. The van der Waals surface area contributed by atoms with Crippen LogP contribution in [0.15, 0.2) is 24.7 Å². The molecule has 0 saturated carbocycles. The highest BCUT2D eigenvalue weighted by Gasteiger charge is 2.26. The number of aryl methyl sites for hydroxylation is 1. The monoisotopic (exact) mass is 301 g/mol. The molecule has 1 saturated heterocycles. The van der Waals surface area contributed by atoms with Crippen LogP contribution in [0.2, 0.25) is 0 Å². The van der Waals surface area contributed by atoms with Crippen LogP contribution in [0, 0.1) is 12.8 Å². The highest BCUT2D eigenvalue weighted by Crippen LogP contribution is 2.27. The fourth-order valence-corrected chi connectivity index (χ4v) is 2.75. The van der Waals surface area contributed by atoms with Gasteiger partial charge in [-0.1, -0.05) is 6.92 Å². The van der Waals surface area contributed by atoms with Gasteiger partial charge in [-0.2, -0.15) is 5.10 Å². The van der Waals surface area contributed by atoms with Crippen LogP contribution in [0.5, 0.6) is 0 Å². The molecule has 0 spiro atoms. The van der Waals surface area contributed by atoms with Crippen LogP contribution in [-0.2, 0) is 0 Å². The van der Waals surface area contributed by atoms with Crippen LogP contribution in [0.1, 0.15) is 29.0 Å². The van der Waals surface area contributed by atoms with Crippen molar-refractivity contribution in [2.45, 2.75) is 19.9 Å². The first-order valence-electron chi connectivity index (χ1n) is 7.27. The minimum absolute atomic E-state index is 0.193. The topological polar surface area (TPSA) is 92.1 Å². The molecule has 2 atom stereocenters. The first kappa shape index (κ1) is 14.5. The molecule has 1 aliphatic rings. The highest BCUT2D eigenvalue weighted by atomic mass is 16.4. The molecule has 0 radical (unpaired) electrons. The summed E-state index contributed by atoms with van der Waals surface area (Å²) in [4.78, 5) is 15.2. The van der Waals surface area contributed by atoms with Crippen molar-refractivity contribution in [2.24, 2.45) is 5.92 Å². The van der Waals surface area contributed by atoms with Crippen LogP contribution in [0.4, 0.5) is 11.4 Å². The van der Waals surface area contributed by atoms with Crippen molar-refractivity contribution in [1.82, 2.24) is 20.1 Å². The van der Waals surface area contributed by atoms with E-state index < -0.39 is 5.97 Å². The molecular weight excluding hydrogens is 282 g/mol. The molecule has 3 heterocycles. The molecule has 3 rings (SSSR count). The normalized spacial score (nSPS) is 21.0. The van der Waals surface area contributed by atoms with E-state index in [1.54, 1.807) is 0 Å². The van der Waals surface area contributed by atoms with Crippen molar-refractivity contribution in [3.63, 3.8) is 0 Å². The van der Waals surface area contributed by atoms with Crippen molar-refractivity contribution < 1.29 is 9.90 Å². The fraction of sp³-hybridized carbons (Fsp3) is 0.400. The number of aromatic carboxylic acids is 1. The van der Waals surface area contributed by atoms with Crippen molar-refractivity contribution in [3.8, 4) is 0 Å². The lowest BCUT2D eigenvalue weighted by Gasteiger charge is -2.14. The van der Waals surface area contributed by atoms with Gasteiger partial charge in [-0.15, -0.1) is 0 Å². The Morgan fingerprint density at radius 2 is 2.27 bits per heavy atom. The maximum atomic E-state index is 11.3. The van der Waals surface area contributed by atoms with Crippen molar-refractivity contribution in [1.29, 1.82) is 0 Å². The second-order valence-electron chi connectivity index (χ2n) is 5.66. The number of pyridine rings is 1. The number of aromatic nitrogens is 3. The highest BCUT2D eigenvalue weighted by molar-refractivity contribution is 5.94. The van der Waals surface area contributed by atoms with Gasteiger partial charge in [-0.3, -0.25) is 9.67 Å². The van der Waals surface area contributed by atoms with E-state index in [0.717, 1.165) is 24.5 Å². The molecule has 22 heavy (non-hydrogen) atoms. The first-order chi connectivity index (χ1) is 10.6. The molecular formula is C15H19N5O2. The number of hydrogen-bond donors (Lipinski definition) is 3. The van der Waals surface area contributed by atoms with E-state index in [1.165, 1.54) is 18.5 Å². The summed E-state index contributed by atoms with van der Waals surface area (Å²) >= 11 is 0. The number of nitrogens with zero attached hydrogens (tertiary/aromatic N) is 3. The second kappa shape index (κ2) is 5.76. The number of carboxylic acid groups (broad SMARTS) is 1. The third-order valence-electron chi connectivity index (χ3n) is 4.05. The molecule has 7 nitrogen and oxygen atoms in total. The summed E-state index contributed by atoms with van der Waals surface area (Å²) in [6.07, 6.45) is 4.92. The number of carbonyl (C=O) groups is 1. The van der Waals surface area contributed by atoms with Crippen molar-refractivity contribution in [2.75, 3.05) is 18.4 Å². The minimum Gasteiger partial charge on any atom is -0.478 e. The lowest BCUT2D eigenvalue weighted by atomic mass is 10.1. The third-order valence-corrected chi connectivity index (χ3v) is 4.05. The van der Waals surface area contributed by atoms with Crippen LogP contribution in [-0.4, -0.2) is 38.9 Å². The van der Waals surface area contributed by atoms with Gasteiger partial charge in [0.2, 0.25) is 0 Å². The van der Waals surface area contributed by atoms with Gasteiger partial charge in [-0.05, 0) is 25.5 Å². The first-order valence-corrected chi connectivity index (χ1v) is 7.27. The largest absolute Gasteiger partial charge is 0.478 e. The number of anilines is 2. The zero-order valence-corrected chi connectivity index (χ0v) is 12.6. The Morgan fingerprint density at radius 3 is 2.95 bits per heavy atom. The number of carboxylic acids is 1. The molecule has 1 aliphatic heterocycles. The average molecular weight is 301 g/mol. The van der Waals surface area contributed by atoms with E-state index in [-0.39, 0.29) is 5.56 Å². The SMILES string of the molecule is Cc1nn([C@@H]2CNC[C@@H]2C)cc1Nc1cnccc1C(=O)O. The van der Waals surface area contributed by atoms with E-state index in [1.807, 2.05) is 17.8 Å². The van der Waals surface area contributed by atoms with Crippen LogP contribution < -0.4 is 10.6 Å². The summed E-state index contributed by atoms with van der Waals surface area (Å²) in [5, 5.41) is 20.3. The Kier molecular flexibility index (Phi) is 3.81. The molecule has 3 N–H and O–H groups in total. The van der Waals surface area contributed by atoms with E-state index in [0.29, 0.717) is 17.6 Å². The third kappa shape index (κ3) is 2.67. The van der Waals surface area contributed by atoms with Gasteiger partial charge >= 0.3 is 5.97 Å². The van der Waals surface area contributed by atoms with Crippen LogP contribution in [0.3, 0.4) is 0 Å². The van der Waals surface area contributed by atoms with Gasteiger partial charge in [0.05, 0.1) is 34.9 Å². The van der Waals surface area contributed by atoms with Gasteiger partial charge in [0, 0.05) is 18.9 Å². The van der Waals surface area contributed by atoms with E-state index in [9.17, 15) is 9.90 Å². The molecule has 0 aromatic carbocycles. The quantitative estimate of drug-likeness (QED) is 0.797. The number of nitrogens with one attached hydrogen (secondary N) is 2. The second-order valence-corrected chi connectivity index (χ2v) is 5.66. The Labute approximate surface area is 128 Å². The van der Waals surface area contributed by atoms with E-state index in [4.69, 9.17) is 0 Å². The lowest BCUT2D eigenvalue weighted by Crippen LogP contribution is -2.16. The maximum Gasteiger partial charge on any atom is 0.337 e. The zero-order chi connectivity index (χ0) is 15.7. The standard InChI is InChI=1S/C15H19N5O2/c1-9-5-17-7-14(9)20-8-13(10(2)19-20)18-12-6-16-4-3-11(12)15(21)22/h3-4,6,8-9,14,17-18H,5,7H2,1-2H3,(H,21,22)/t9-,14+/m0/s1. The number of rotatable bonds is 4. The smallest absolute Gasteiger partial charge is 0.337 e. The Morgan fingerprint density at radius 1 is 1.45 bits per heavy atom. The lowest BCUT2D eigenvalue weighted by molar-refractivity contribution is 0.0698. The predicted molar refractivity (Wildman–Crippen MR) is 82.5 cm³/mol. The predicted octanol–water partition coefficient (Wildman–Crippen LogP) is 1.81. The Hall–Kier alpha value is -2.41. The number of hydrogen-bond acceptors (Lipinski definition) is 5. The van der Waals surface area contributed by atoms with Gasteiger partial charge in [0.15, 0.2) is 0 Å². The molecule has 1 fully saturated rings. The molecule has 2 aromatic heterocycles. The molecule has 7 heteroatoms. The van der Waals surface area contributed by atoms with Gasteiger partial charge in [0.25, 0.3) is 0 Å². The maximum absolute atomic E-state index is 11.3. The summed E-state index contributed by atoms with van der Waals surface area (Å²) in [5.74, 6) is -0.469.